The number of halogens is 1. The van der Waals surface area contributed by atoms with E-state index in [1.807, 2.05) is 6.92 Å². The molecule has 0 spiro atoms. The lowest BCUT2D eigenvalue weighted by molar-refractivity contribution is -0.127. The van der Waals surface area contributed by atoms with Crippen molar-refractivity contribution in [1.82, 2.24) is 10.6 Å². The van der Waals surface area contributed by atoms with E-state index in [0.29, 0.717) is 6.54 Å². The number of carbonyl (C=O) groups is 2. The molecule has 0 unspecified atom stereocenters. The third kappa shape index (κ3) is 5.43. The van der Waals surface area contributed by atoms with Crippen molar-refractivity contribution in [3.05, 3.63) is 0 Å². The Hall–Kier alpha value is -0.810. The highest BCUT2D eigenvalue weighted by atomic mass is 35.5. The molecular formula is C16H30ClN3O2. The summed E-state index contributed by atoms with van der Waals surface area (Å²) in [5.41, 5.74) is 5.52. The van der Waals surface area contributed by atoms with Gasteiger partial charge in [0.1, 0.15) is 0 Å². The second-order valence-corrected chi connectivity index (χ2v) is 6.68. The van der Waals surface area contributed by atoms with Crippen LogP contribution in [-0.2, 0) is 9.59 Å². The fourth-order valence-corrected chi connectivity index (χ4v) is 3.43. The van der Waals surface area contributed by atoms with Crippen LogP contribution in [0.15, 0.2) is 0 Å². The lowest BCUT2D eigenvalue weighted by atomic mass is 9.85. The maximum absolute atomic E-state index is 12.1. The highest BCUT2D eigenvalue weighted by Crippen LogP contribution is 2.27. The van der Waals surface area contributed by atoms with Crippen molar-refractivity contribution < 1.29 is 9.59 Å². The van der Waals surface area contributed by atoms with Crippen LogP contribution in [0.5, 0.6) is 0 Å². The highest BCUT2D eigenvalue weighted by molar-refractivity contribution is 5.85. The normalized spacial score (nSPS) is 26.8. The Morgan fingerprint density at radius 1 is 1.00 bits per heavy atom. The standard InChI is InChI=1S/C16H29N3O2.ClH/c1-11(10-17)18-15(20)13-6-8-14(9-7-13)19-16(21)12-4-2-3-5-12;/h11-14H,2-10,17H2,1H3,(H,18,20)(H,19,21);1H/t11-,13?,14?;/m0./s1. The van der Waals surface area contributed by atoms with Crippen LogP contribution in [0.25, 0.3) is 0 Å². The second kappa shape index (κ2) is 9.36. The highest BCUT2D eigenvalue weighted by Gasteiger charge is 2.29. The predicted octanol–water partition coefficient (Wildman–Crippen LogP) is 1.74. The molecule has 5 nitrogen and oxygen atoms in total. The molecule has 2 rings (SSSR count). The summed E-state index contributed by atoms with van der Waals surface area (Å²) in [6, 6.07) is 0.298. The first-order valence-corrected chi connectivity index (χ1v) is 8.41. The smallest absolute Gasteiger partial charge is 0.223 e. The number of amides is 2. The van der Waals surface area contributed by atoms with E-state index in [1.54, 1.807) is 0 Å². The van der Waals surface area contributed by atoms with Crippen molar-refractivity contribution in [3.63, 3.8) is 0 Å². The van der Waals surface area contributed by atoms with Crippen LogP contribution in [0.4, 0.5) is 0 Å². The molecule has 0 aromatic carbocycles. The SMILES string of the molecule is C[C@@H](CN)NC(=O)C1CCC(NC(=O)C2CCCC2)CC1.Cl. The fraction of sp³-hybridized carbons (Fsp3) is 0.875. The van der Waals surface area contributed by atoms with Crippen molar-refractivity contribution in [2.75, 3.05) is 6.54 Å². The van der Waals surface area contributed by atoms with Crippen LogP contribution < -0.4 is 16.4 Å². The average Bonchev–Trinajstić information content (AvgIpc) is 3.02. The van der Waals surface area contributed by atoms with Crippen molar-refractivity contribution >= 4 is 24.2 Å². The first kappa shape index (κ1) is 19.2. The predicted molar refractivity (Wildman–Crippen MR) is 89.8 cm³/mol. The molecule has 0 radical (unpaired) electrons. The van der Waals surface area contributed by atoms with Gasteiger partial charge in [-0.15, -0.1) is 12.4 Å². The summed E-state index contributed by atoms with van der Waals surface area (Å²) in [6.07, 6.45) is 7.99. The van der Waals surface area contributed by atoms with Crippen molar-refractivity contribution in [2.45, 2.75) is 70.4 Å². The van der Waals surface area contributed by atoms with Crippen LogP contribution >= 0.6 is 12.4 Å². The first-order chi connectivity index (χ1) is 10.1. The summed E-state index contributed by atoms with van der Waals surface area (Å²) < 4.78 is 0. The van der Waals surface area contributed by atoms with Crippen molar-refractivity contribution in [2.24, 2.45) is 17.6 Å². The van der Waals surface area contributed by atoms with Crippen molar-refractivity contribution in [3.8, 4) is 0 Å². The minimum Gasteiger partial charge on any atom is -0.353 e. The van der Waals surface area contributed by atoms with Crippen LogP contribution in [0.1, 0.15) is 58.3 Å². The zero-order valence-corrected chi connectivity index (χ0v) is 14.3. The fourth-order valence-electron chi connectivity index (χ4n) is 3.43. The number of nitrogens with one attached hydrogen (secondary N) is 2. The molecule has 2 fully saturated rings. The Kier molecular flexibility index (Phi) is 8.18. The molecule has 22 heavy (non-hydrogen) atoms. The van der Waals surface area contributed by atoms with Crippen molar-refractivity contribution in [1.29, 1.82) is 0 Å². The molecule has 128 valence electrons. The quantitative estimate of drug-likeness (QED) is 0.717. The summed E-state index contributed by atoms with van der Waals surface area (Å²) in [5.74, 6) is 0.667. The monoisotopic (exact) mass is 331 g/mol. The van der Waals surface area contributed by atoms with Crippen LogP contribution in [0.3, 0.4) is 0 Å². The van der Waals surface area contributed by atoms with Gasteiger partial charge in [-0.1, -0.05) is 12.8 Å². The number of hydrogen-bond donors (Lipinski definition) is 3. The van der Waals surface area contributed by atoms with Gasteiger partial charge in [0.2, 0.25) is 11.8 Å². The number of rotatable bonds is 5. The van der Waals surface area contributed by atoms with E-state index in [2.05, 4.69) is 10.6 Å². The van der Waals surface area contributed by atoms with Crippen LogP contribution in [0.2, 0.25) is 0 Å². The minimum atomic E-state index is 0. The van der Waals surface area contributed by atoms with E-state index in [-0.39, 0.29) is 48.1 Å². The van der Waals surface area contributed by atoms with E-state index >= 15 is 0 Å². The van der Waals surface area contributed by atoms with Gasteiger partial charge in [0, 0.05) is 30.5 Å². The Morgan fingerprint density at radius 3 is 2.09 bits per heavy atom. The van der Waals surface area contributed by atoms with E-state index in [9.17, 15) is 9.59 Å². The van der Waals surface area contributed by atoms with E-state index in [0.717, 1.165) is 38.5 Å². The molecule has 2 aliphatic rings. The summed E-state index contributed by atoms with van der Waals surface area (Å²) >= 11 is 0. The second-order valence-electron chi connectivity index (χ2n) is 6.68. The number of carbonyl (C=O) groups excluding carboxylic acids is 2. The van der Waals surface area contributed by atoms with Gasteiger partial charge in [-0.25, -0.2) is 0 Å². The zero-order chi connectivity index (χ0) is 15.2. The number of hydrogen-bond acceptors (Lipinski definition) is 3. The molecule has 6 heteroatoms. The van der Waals surface area contributed by atoms with Gasteiger partial charge in [-0.05, 0) is 45.4 Å². The maximum Gasteiger partial charge on any atom is 0.223 e. The first-order valence-electron chi connectivity index (χ1n) is 8.41. The Balaban J connectivity index is 0.00000242. The molecule has 0 aromatic rings. The molecule has 2 saturated carbocycles. The molecule has 0 bridgehead atoms. The summed E-state index contributed by atoms with van der Waals surface area (Å²) in [7, 11) is 0. The molecule has 4 N–H and O–H groups in total. The third-order valence-electron chi connectivity index (χ3n) is 4.91. The largest absolute Gasteiger partial charge is 0.353 e. The van der Waals surface area contributed by atoms with Gasteiger partial charge >= 0.3 is 0 Å². The molecule has 0 aromatic heterocycles. The summed E-state index contributed by atoms with van der Waals surface area (Å²) in [6.45, 7) is 2.39. The maximum atomic E-state index is 12.1. The van der Waals surface area contributed by atoms with Crippen LogP contribution in [0, 0.1) is 11.8 Å². The zero-order valence-electron chi connectivity index (χ0n) is 13.5. The average molecular weight is 332 g/mol. The lowest BCUT2D eigenvalue weighted by Crippen LogP contribution is -2.45. The molecule has 2 aliphatic carbocycles. The van der Waals surface area contributed by atoms with E-state index < -0.39 is 0 Å². The molecule has 0 saturated heterocycles. The molecule has 0 aliphatic heterocycles. The van der Waals surface area contributed by atoms with E-state index in [1.165, 1.54) is 12.8 Å². The van der Waals surface area contributed by atoms with Gasteiger partial charge in [0.15, 0.2) is 0 Å². The molecule has 2 amide bonds. The van der Waals surface area contributed by atoms with Gasteiger partial charge in [-0.2, -0.15) is 0 Å². The Morgan fingerprint density at radius 2 is 1.55 bits per heavy atom. The third-order valence-corrected chi connectivity index (χ3v) is 4.91. The lowest BCUT2D eigenvalue weighted by Gasteiger charge is -2.29. The number of nitrogens with two attached hydrogens (primary N) is 1. The Labute approximate surface area is 139 Å². The van der Waals surface area contributed by atoms with Gasteiger partial charge in [0.05, 0.1) is 0 Å². The molecule has 0 heterocycles. The van der Waals surface area contributed by atoms with Gasteiger partial charge in [-0.3, -0.25) is 9.59 Å². The van der Waals surface area contributed by atoms with E-state index in [4.69, 9.17) is 5.73 Å². The van der Waals surface area contributed by atoms with Gasteiger partial charge < -0.3 is 16.4 Å². The summed E-state index contributed by atoms with van der Waals surface area (Å²) in [5, 5.41) is 6.13. The Bertz CT molecular complexity index is 364. The molecular weight excluding hydrogens is 302 g/mol. The van der Waals surface area contributed by atoms with Crippen LogP contribution in [-0.4, -0.2) is 30.4 Å². The topological polar surface area (TPSA) is 84.2 Å². The molecule has 1 atom stereocenters. The summed E-state index contributed by atoms with van der Waals surface area (Å²) in [4.78, 5) is 24.2. The minimum absolute atomic E-state index is 0. The van der Waals surface area contributed by atoms with Gasteiger partial charge in [0.25, 0.3) is 0 Å².